The molecule has 0 unspecified atom stereocenters. The largest absolute Gasteiger partial charge is 0.421 e. The quantitative estimate of drug-likeness (QED) is 0.358. The first kappa shape index (κ1) is 19.7. The van der Waals surface area contributed by atoms with Gasteiger partial charge in [-0.05, 0) is 53.1 Å². The number of hydrogen-bond acceptors (Lipinski definition) is 6. The van der Waals surface area contributed by atoms with E-state index in [1.807, 2.05) is 49.4 Å². The number of nitrogens with zero attached hydrogens (tertiary/aromatic N) is 2. The number of hydrogen-bond donors (Lipinski definition) is 0. The number of carbonyl (C=O) groups is 1. The summed E-state index contributed by atoms with van der Waals surface area (Å²) in [5.74, 6) is -0.669. The van der Waals surface area contributed by atoms with E-state index in [1.165, 1.54) is 36.7 Å². The van der Waals surface area contributed by atoms with Crippen molar-refractivity contribution in [1.82, 2.24) is 9.97 Å². The number of benzene rings is 3. The maximum atomic E-state index is 12.8. The van der Waals surface area contributed by atoms with Gasteiger partial charge in [-0.1, -0.05) is 42.5 Å². The molecule has 1 heterocycles. The Hall–Kier alpha value is -3.58. The first-order valence-corrected chi connectivity index (χ1v) is 10.9. The molecule has 4 rings (SSSR count). The van der Waals surface area contributed by atoms with Crippen molar-refractivity contribution < 1.29 is 17.9 Å². The van der Waals surface area contributed by atoms with E-state index in [1.54, 1.807) is 0 Å². The van der Waals surface area contributed by atoms with E-state index >= 15 is 0 Å². The average molecular weight is 418 g/mol. The molecule has 0 aliphatic heterocycles. The fourth-order valence-electron chi connectivity index (χ4n) is 3.00. The van der Waals surface area contributed by atoms with Gasteiger partial charge in [0.25, 0.3) is 0 Å². The number of fused-ring (bicyclic) bond motifs is 1. The Balaban J connectivity index is 1.49. The zero-order chi connectivity index (χ0) is 21.1. The van der Waals surface area contributed by atoms with Crippen molar-refractivity contribution in [2.45, 2.75) is 17.6 Å². The molecule has 1 aromatic heterocycles. The minimum Gasteiger partial charge on any atom is -0.421 e. The van der Waals surface area contributed by atoms with Crippen molar-refractivity contribution in [3.63, 3.8) is 0 Å². The van der Waals surface area contributed by atoms with Gasteiger partial charge in [-0.15, -0.1) is 0 Å². The minimum absolute atomic E-state index is 0.0615. The second-order valence-electron chi connectivity index (χ2n) is 6.89. The summed E-state index contributed by atoms with van der Waals surface area (Å²) >= 11 is 0. The molecule has 3 aromatic carbocycles. The van der Waals surface area contributed by atoms with E-state index < -0.39 is 15.8 Å². The second-order valence-corrected chi connectivity index (χ2v) is 8.88. The van der Waals surface area contributed by atoms with Crippen LogP contribution in [0.4, 0.5) is 0 Å². The molecule has 7 heteroatoms. The van der Waals surface area contributed by atoms with E-state index in [2.05, 4.69) is 9.97 Å². The van der Waals surface area contributed by atoms with Gasteiger partial charge >= 0.3 is 5.97 Å². The lowest BCUT2D eigenvalue weighted by molar-refractivity contribution is 0.0721. The van der Waals surface area contributed by atoms with E-state index in [0.29, 0.717) is 5.56 Å². The van der Waals surface area contributed by atoms with Gasteiger partial charge in [0.15, 0.2) is 9.84 Å². The Bertz CT molecular complexity index is 1320. The summed E-state index contributed by atoms with van der Waals surface area (Å²) in [4.78, 5) is 20.1. The Morgan fingerprint density at radius 1 is 0.900 bits per heavy atom. The maximum absolute atomic E-state index is 12.8. The molecule has 150 valence electrons. The monoisotopic (exact) mass is 418 g/mol. The summed E-state index contributed by atoms with van der Waals surface area (Å²) in [5.41, 5.74) is 1.54. The van der Waals surface area contributed by atoms with Crippen LogP contribution < -0.4 is 4.74 Å². The van der Waals surface area contributed by atoms with Crippen LogP contribution in [-0.4, -0.2) is 24.4 Å². The van der Waals surface area contributed by atoms with E-state index in [-0.39, 0.29) is 22.2 Å². The molecule has 0 amide bonds. The molecule has 0 saturated heterocycles. The predicted molar refractivity (Wildman–Crippen MR) is 113 cm³/mol. The van der Waals surface area contributed by atoms with Gasteiger partial charge in [-0.25, -0.2) is 23.2 Å². The summed E-state index contributed by atoms with van der Waals surface area (Å²) in [6.45, 7) is 1.81. The van der Waals surface area contributed by atoms with Crippen LogP contribution >= 0.6 is 0 Å². The zero-order valence-corrected chi connectivity index (χ0v) is 17.0. The molecule has 0 aliphatic rings. The molecule has 0 saturated carbocycles. The normalized spacial score (nSPS) is 11.4. The Morgan fingerprint density at radius 3 is 2.27 bits per heavy atom. The summed E-state index contributed by atoms with van der Waals surface area (Å²) in [7, 11) is -3.55. The topological polar surface area (TPSA) is 86.2 Å². The first-order chi connectivity index (χ1) is 14.4. The minimum atomic E-state index is -3.55. The van der Waals surface area contributed by atoms with Crippen LogP contribution in [0.3, 0.4) is 0 Å². The van der Waals surface area contributed by atoms with Gasteiger partial charge in [0.05, 0.1) is 10.6 Å². The Kier molecular flexibility index (Phi) is 5.29. The molecule has 0 spiro atoms. The van der Waals surface area contributed by atoms with Crippen molar-refractivity contribution in [2.75, 3.05) is 0 Å². The van der Waals surface area contributed by atoms with Crippen molar-refractivity contribution in [3.05, 3.63) is 96.1 Å². The molecule has 0 bridgehead atoms. The molecular weight excluding hydrogens is 400 g/mol. The van der Waals surface area contributed by atoms with Crippen LogP contribution in [-0.2, 0) is 15.6 Å². The van der Waals surface area contributed by atoms with Crippen LogP contribution in [0.25, 0.3) is 10.8 Å². The lowest BCUT2D eigenvalue weighted by Gasteiger charge is -2.08. The van der Waals surface area contributed by atoms with Crippen molar-refractivity contribution in [3.8, 4) is 5.75 Å². The Morgan fingerprint density at radius 2 is 1.57 bits per heavy atom. The van der Waals surface area contributed by atoms with Crippen molar-refractivity contribution in [1.29, 1.82) is 0 Å². The summed E-state index contributed by atoms with van der Waals surface area (Å²) in [6.07, 6.45) is 3.04. The smallest absolute Gasteiger partial charge is 0.381 e. The van der Waals surface area contributed by atoms with Crippen LogP contribution in [0, 0.1) is 6.92 Å². The highest BCUT2D eigenvalue weighted by Gasteiger charge is 2.17. The molecular formula is C23H18N2O4S. The molecule has 6 nitrogen and oxygen atoms in total. The van der Waals surface area contributed by atoms with Crippen LogP contribution in [0.1, 0.15) is 21.7 Å². The predicted octanol–water partition coefficient (Wildman–Crippen LogP) is 4.13. The zero-order valence-electron chi connectivity index (χ0n) is 16.1. The third-order valence-corrected chi connectivity index (χ3v) is 6.23. The fraction of sp³-hybridized carbons (Fsp3) is 0.0870. The van der Waals surface area contributed by atoms with Crippen molar-refractivity contribution >= 4 is 26.6 Å². The lowest BCUT2D eigenvalue weighted by atomic mass is 10.1. The maximum Gasteiger partial charge on any atom is 0.381 e. The van der Waals surface area contributed by atoms with E-state index in [0.717, 1.165) is 16.3 Å². The lowest BCUT2D eigenvalue weighted by Crippen LogP contribution is -2.13. The standard InChI is InChI=1S/C23H18N2O4S/c1-16-13-24-22(25-14-16)23(26)29-20-8-10-21(11-9-20)30(27,28)15-17-6-7-18-4-2-3-5-19(18)12-17/h2-14H,15H2,1H3. The van der Waals surface area contributed by atoms with E-state index in [4.69, 9.17) is 4.74 Å². The van der Waals surface area contributed by atoms with E-state index in [9.17, 15) is 13.2 Å². The van der Waals surface area contributed by atoms with Gasteiger partial charge in [0.2, 0.25) is 5.82 Å². The summed E-state index contributed by atoms with van der Waals surface area (Å²) < 4.78 is 30.8. The fourth-order valence-corrected chi connectivity index (χ4v) is 4.33. The highest BCUT2D eigenvalue weighted by Crippen LogP contribution is 2.23. The number of esters is 1. The van der Waals surface area contributed by atoms with Gasteiger partial charge in [0.1, 0.15) is 5.75 Å². The first-order valence-electron chi connectivity index (χ1n) is 9.22. The number of rotatable bonds is 5. The molecule has 30 heavy (non-hydrogen) atoms. The molecule has 4 aromatic rings. The van der Waals surface area contributed by atoms with Gasteiger partial charge in [0, 0.05) is 12.4 Å². The number of ether oxygens (including phenoxy) is 1. The molecule has 0 N–H and O–H groups in total. The summed E-state index contributed by atoms with van der Waals surface area (Å²) in [5, 5.41) is 2.05. The van der Waals surface area contributed by atoms with Crippen LogP contribution in [0.5, 0.6) is 5.75 Å². The number of carbonyl (C=O) groups excluding carboxylic acids is 1. The van der Waals surface area contributed by atoms with Crippen molar-refractivity contribution in [2.24, 2.45) is 0 Å². The van der Waals surface area contributed by atoms with Gasteiger partial charge in [-0.3, -0.25) is 0 Å². The second kappa shape index (κ2) is 8.04. The number of sulfone groups is 1. The van der Waals surface area contributed by atoms with Gasteiger partial charge in [-0.2, -0.15) is 0 Å². The van der Waals surface area contributed by atoms with Crippen LogP contribution in [0.2, 0.25) is 0 Å². The molecule has 0 fully saturated rings. The third kappa shape index (κ3) is 4.36. The SMILES string of the molecule is Cc1cnc(C(=O)Oc2ccc(S(=O)(=O)Cc3ccc4ccccc4c3)cc2)nc1. The average Bonchev–Trinajstić information content (AvgIpc) is 2.74. The molecule has 0 atom stereocenters. The van der Waals surface area contributed by atoms with Crippen LogP contribution in [0.15, 0.2) is 84.0 Å². The summed E-state index contributed by atoms with van der Waals surface area (Å²) in [6, 6.07) is 19.1. The number of aryl methyl sites for hydroxylation is 1. The highest BCUT2D eigenvalue weighted by atomic mass is 32.2. The van der Waals surface area contributed by atoms with Gasteiger partial charge < -0.3 is 4.74 Å². The third-order valence-electron chi connectivity index (χ3n) is 4.53. The number of aromatic nitrogens is 2. The Labute approximate surface area is 174 Å². The molecule has 0 radical (unpaired) electrons. The highest BCUT2D eigenvalue weighted by molar-refractivity contribution is 7.90. The molecule has 0 aliphatic carbocycles.